The number of fused-ring (bicyclic) bond motifs is 1. The second-order valence-electron chi connectivity index (χ2n) is 5.15. The Bertz CT molecular complexity index is 629. The van der Waals surface area contributed by atoms with E-state index in [0.29, 0.717) is 5.56 Å². The van der Waals surface area contributed by atoms with Crippen LogP contribution in [0.25, 0.3) is 0 Å². The highest BCUT2D eigenvalue weighted by Gasteiger charge is 2.26. The van der Waals surface area contributed by atoms with Crippen molar-refractivity contribution >= 4 is 5.82 Å². The Morgan fingerprint density at radius 2 is 2.00 bits per heavy atom. The van der Waals surface area contributed by atoms with Crippen LogP contribution in [0.3, 0.4) is 0 Å². The molecule has 0 spiro atoms. The molecule has 1 N–H and O–H groups in total. The van der Waals surface area contributed by atoms with Gasteiger partial charge in [0.1, 0.15) is 17.5 Å². The summed E-state index contributed by atoms with van der Waals surface area (Å²) < 4.78 is 28.7. The van der Waals surface area contributed by atoms with Crippen molar-refractivity contribution in [3.63, 3.8) is 0 Å². The van der Waals surface area contributed by atoms with E-state index in [0.717, 1.165) is 42.5 Å². The molecule has 1 aromatic carbocycles. The maximum Gasteiger partial charge on any atom is 0.128 e. The van der Waals surface area contributed by atoms with Gasteiger partial charge in [-0.2, -0.15) is 5.10 Å². The Kier molecular flexibility index (Phi) is 3.20. The van der Waals surface area contributed by atoms with Gasteiger partial charge in [0, 0.05) is 18.2 Å². The Balaban J connectivity index is 2.09. The fourth-order valence-corrected chi connectivity index (χ4v) is 2.86. The van der Waals surface area contributed by atoms with Crippen molar-refractivity contribution in [1.29, 1.82) is 0 Å². The van der Waals surface area contributed by atoms with Gasteiger partial charge in [-0.1, -0.05) is 6.92 Å². The van der Waals surface area contributed by atoms with Crippen molar-refractivity contribution in [2.45, 2.75) is 32.7 Å². The zero-order valence-corrected chi connectivity index (χ0v) is 11.6. The average Bonchev–Trinajstić information content (AvgIpc) is 2.74. The maximum atomic E-state index is 13.4. The van der Waals surface area contributed by atoms with Crippen molar-refractivity contribution < 1.29 is 8.78 Å². The fraction of sp³-hybridized carbons (Fsp3) is 0.400. The highest BCUT2D eigenvalue weighted by molar-refractivity contribution is 5.49. The fourth-order valence-electron chi connectivity index (χ4n) is 2.86. The van der Waals surface area contributed by atoms with Gasteiger partial charge in [-0.05, 0) is 37.5 Å². The van der Waals surface area contributed by atoms with Crippen molar-refractivity contribution in [1.82, 2.24) is 9.78 Å². The molecule has 5 heteroatoms. The molecule has 1 aliphatic rings. The zero-order chi connectivity index (χ0) is 14.3. The summed E-state index contributed by atoms with van der Waals surface area (Å²) in [5, 5.41) is 7.92. The molecule has 2 aromatic rings. The largest absolute Gasteiger partial charge is 0.370 e. The molecule has 0 saturated heterocycles. The second kappa shape index (κ2) is 4.89. The molecule has 3 nitrogen and oxygen atoms in total. The Morgan fingerprint density at radius 3 is 2.65 bits per heavy atom. The molecule has 0 bridgehead atoms. The van der Waals surface area contributed by atoms with Gasteiger partial charge in [-0.25, -0.2) is 13.5 Å². The minimum absolute atomic E-state index is 0.115. The molecule has 0 saturated carbocycles. The molecule has 0 aliphatic carbocycles. The SMILES string of the molecule is CCc1nn2c(c1C)NCCC2c1cc(F)cc(F)c1. The van der Waals surface area contributed by atoms with Crippen LogP contribution in [-0.2, 0) is 6.42 Å². The van der Waals surface area contributed by atoms with E-state index >= 15 is 0 Å². The topological polar surface area (TPSA) is 29.9 Å². The van der Waals surface area contributed by atoms with Crippen LogP contribution in [0, 0.1) is 18.6 Å². The zero-order valence-electron chi connectivity index (χ0n) is 11.6. The van der Waals surface area contributed by atoms with E-state index in [9.17, 15) is 8.78 Å². The van der Waals surface area contributed by atoms with Gasteiger partial charge in [-0.3, -0.25) is 0 Å². The summed E-state index contributed by atoms with van der Waals surface area (Å²) in [5.74, 6) is -0.123. The standard InChI is InChI=1S/C15H17F2N3/c1-3-13-9(2)15-18-5-4-14(20(15)19-13)10-6-11(16)8-12(17)7-10/h6-8,14,18H,3-5H2,1-2H3. The number of hydrogen-bond acceptors (Lipinski definition) is 2. The molecular formula is C15H17F2N3. The Hall–Kier alpha value is -1.91. The van der Waals surface area contributed by atoms with Crippen LogP contribution in [0.1, 0.15) is 36.2 Å². The summed E-state index contributed by atoms with van der Waals surface area (Å²) in [6, 6.07) is 3.57. The quantitative estimate of drug-likeness (QED) is 0.911. The second-order valence-corrected chi connectivity index (χ2v) is 5.15. The van der Waals surface area contributed by atoms with E-state index < -0.39 is 11.6 Å². The number of aromatic nitrogens is 2. The van der Waals surface area contributed by atoms with E-state index in [1.165, 1.54) is 12.1 Å². The molecule has 1 unspecified atom stereocenters. The van der Waals surface area contributed by atoms with Crippen LogP contribution in [0.15, 0.2) is 18.2 Å². The van der Waals surface area contributed by atoms with Gasteiger partial charge in [-0.15, -0.1) is 0 Å². The summed E-state index contributed by atoms with van der Waals surface area (Å²) in [5.41, 5.74) is 2.78. The molecule has 1 atom stereocenters. The number of benzene rings is 1. The number of nitrogens with one attached hydrogen (secondary N) is 1. The summed E-state index contributed by atoms with van der Waals surface area (Å²) in [6.07, 6.45) is 1.61. The van der Waals surface area contributed by atoms with Gasteiger partial charge in [0.05, 0.1) is 11.7 Å². The smallest absolute Gasteiger partial charge is 0.128 e. The maximum absolute atomic E-state index is 13.4. The van der Waals surface area contributed by atoms with E-state index in [2.05, 4.69) is 17.3 Å². The average molecular weight is 277 g/mol. The van der Waals surface area contributed by atoms with E-state index in [1.807, 2.05) is 11.6 Å². The monoisotopic (exact) mass is 277 g/mol. The molecule has 106 valence electrons. The molecule has 2 heterocycles. The first-order valence-corrected chi connectivity index (χ1v) is 6.88. The molecule has 1 aliphatic heterocycles. The Morgan fingerprint density at radius 1 is 1.30 bits per heavy atom. The summed E-state index contributed by atoms with van der Waals surface area (Å²) >= 11 is 0. The molecule has 0 radical (unpaired) electrons. The van der Waals surface area contributed by atoms with Crippen molar-refractivity contribution in [3.05, 3.63) is 46.7 Å². The molecule has 0 amide bonds. The normalized spacial score (nSPS) is 17.7. The highest BCUT2D eigenvalue weighted by Crippen LogP contribution is 2.33. The first-order valence-electron chi connectivity index (χ1n) is 6.88. The van der Waals surface area contributed by atoms with Crippen LogP contribution in [-0.4, -0.2) is 16.3 Å². The molecule has 0 fully saturated rings. The minimum Gasteiger partial charge on any atom is -0.370 e. The third kappa shape index (κ3) is 2.07. The highest BCUT2D eigenvalue weighted by atomic mass is 19.1. The summed E-state index contributed by atoms with van der Waals surface area (Å²) in [4.78, 5) is 0. The third-order valence-electron chi connectivity index (χ3n) is 3.86. The lowest BCUT2D eigenvalue weighted by Gasteiger charge is -2.26. The first kappa shape index (κ1) is 13.1. The van der Waals surface area contributed by atoms with Crippen LogP contribution in [0.4, 0.5) is 14.6 Å². The summed E-state index contributed by atoms with van der Waals surface area (Å²) in [6.45, 7) is 4.86. The predicted octanol–water partition coefficient (Wildman–Crippen LogP) is 3.44. The van der Waals surface area contributed by atoms with Crippen molar-refractivity contribution in [3.8, 4) is 0 Å². The molecule has 1 aromatic heterocycles. The van der Waals surface area contributed by atoms with Gasteiger partial charge < -0.3 is 5.32 Å². The van der Waals surface area contributed by atoms with Crippen LogP contribution in [0.5, 0.6) is 0 Å². The lowest BCUT2D eigenvalue weighted by molar-refractivity contribution is 0.471. The van der Waals surface area contributed by atoms with Gasteiger partial charge >= 0.3 is 0 Å². The van der Waals surface area contributed by atoms with Crippen molar-refractivity contribution in [2.75, 3.05) is 11.9 Å². The van der Waals surface area contributed by atoms with Gasteiger partial charge in [0.2, 0.25) is 0 Å². The number of hydrogen-bond donors (Lipinski definition) is 1. The molecule has 3 rings (SSSR count). The van der Waals surface area contributed by atoms with E-state index in [4.69, 9.17) is 0 Å². The lowest BCUT2D eigenvalue weighted by atomic mass is 10.0. The molecular weight excluding hydrogens is 260 g/mol. The van der Waals surface area contributed by atoms with Crippen LogP contribution in [0.2, 0.25) is 0 Å². The number of rotatable bonds is 2. The minimum atomic E-state index is -0.542. The number of halogens is 2. The Labute approximate surface area is 116 Å². The number of nitrogens with zero attached hydrogens (tertiary/aromatic N) is 2. The van der Waals surface area contributed by atoms with Crippen molar-refractivity contribution in [2.24, 2.45) is 0 Å². The van der Waals surface area contributed by atoms with E-state index in [-0.39, 0.29) is 6.04 Å². The number of anilines is 1. The van der Waals surface area contributed by atoms with Gasteiger partial charge in [0.25, 0.3) is 0 Å². The predicted molar refractivity (Wildman–Crippen MR) is 73.9 cm³/mol. The molecule has 20 heavy (non-hydrogen) atoms. The first-order chi connectivity index (χ1) is 9.60. The lowest BCUT2D eigenvalue weighted by Crippen LogP contribution is -2.24. The van der Waals surface area contributed by atoms with Gasteiger partial charge in [0.15, 0.2) is 0 Å². The third-order valence-corrected chi connectivity index (χ3v) is 3.86. The van der Waals surface area contributed by atoms with E-state index in [1.54, 1.807) is 0 Å². The number of aryl methyl sites for hydroxylation is 1. The summed E-state index contributed by atoms with van der Waals surface area (Å²) in [7, 11) is 0. The van der Waals surface area contributed by atoms with Crippen LogP contribution >= 0.6 is 0 Å². The van der Waals surface area contributed by atoms with Crippen LogP contribution < -0.4 is 5.32 Å².